The summed E-state index contributed by atoms with van der Waals surface area (Å²) in [4.78, 5) is 0. The molecule has 0 spiro atoms. The maximum atomic E-state index is 5.77. The number of nitrogens with one attached hydrogen (secondary N) is 1. The van der Waals surface area contributed by atoms with Crippen LogP contribution in [0.4, 0.5) is 0 Å². The van der Waals surface area contributed by atoms with E-state index in [4.69, 9.17) is 4.74 Å². The van der Waals surface area contributed by atoms with Crippen LogP contribution in [0.1, 0.15) is 38.5 Å². The van der Waals surface area contributed by atoms with E-state index in [9.17, 15) is 0 Å². The van der Waals surface area contributed by atoms with Gasteiger partial charge in [0.2, 0.25) is 0 Å². The average Bonchev–Trinajstić information content (AvgIpc) is 2.95. The van der Waals surface area contributed by atoms with E-state index >= 15 is 0 Å². The molecule has 0 radical (unpaired) electrons. The van der Waals surface area contributed by atoms with E-state index in [-0.39, 0.29) is 0 Å². The molecule has 0 aromatic heterocycles. The molecule has 106 valence electrons. The Balaban J connectivity index is 1.66. The van der Waals surface area contributed by atoms with E-state index in [1.54, 1.807) is 0 Å². The highest BCUT2D eigenvalue weighted by molar-refractivity contribution is 9.10. The molecule has 0 amide bonds. The van der Waals surface area contributed by atoms with Crippen LogP contribution in [0.15, 0.2) is 28.7 Å². The van der Waals surface area contributed by atoms with Crippen molar-refractivity contribution in [3.63, 3.8) is 0 Å². The highest BCUT2D eigenvalue weighted by Crippen LogP contribution is 2.29. The van der Waals surface area contributed by atoms with E-state index in [0.717, 1.165) is 29.2 Å². The van der Waals surface area contributed by atoms with Gasteiger partial charge < -0.3 is 10.1 Å². The third-order valence-electron chi connectivity index (χ3n) is 4.08. The maximum absolute atomic E-state index is 5.77. The molecule has 0 aliphatic heterocycles. The third-order valence-corrected chi connectivity index (χ3v) is 4.61. The molecular formula is C16H24BrNO. The molecule has 1 aromatic carbocycles. The minimum atomic E-state index is 0.677. The highest BCUT2D eigenvalue weighted by atomic mass is 79.9. The number of hydrogen-bond donors (Lipinski definition) is 1. The zero-order valence-electron chi connectivity index (χ0n) is 11.7. The SMILES string of the molecule is CNC(CCCOc1ccc(Br)cc1)C1CCCC1. The summed E-state index contributed by atoms with van der Waals surface area (Å²) in [6, 6.07) is 8.73. The second kappa shape index (κ2) is 7.91. The summed E-state index contributed by atoms with van der Waals surface area (Å²) in [5.74, 6) is 1.85. The standard InChI is InChI=1S/C16H24BrNO/c1-18-16(13-5-2-3-6-13)7-4-12-19-15-10-8-14(17)9-11-15/h8-11,13,16,18H,2-7,12H2,1H3. The fourth-order valence-corrected chi connectivity index (χ4v) is 3.26. The van der Waals surface area contributed by atoms with Crippen molar-refractivity contribution in [2.24, 2.45) is 5.92 Å². The summed E-state index contributed by atoms with van der Waals surface area (Å²) in [5, 5.41) is 3.49. The van der Waals surface area contributed by atoms with Crippen molar-refractivity contribution < 1.29 is 4.74 Å². The largest absolute Gasteiger partial charge is 0.494 e. The Labute approximate surface area is 125 Å². The van der Waals surface area contributed by atoms with Gasteiger partial charge in [-0.15, -0.1) is 0 Å². The van der Waals surface area contributed by atoms with Gasteiger partial charge in [0, 0.05) is 10.5 Å². The van der Waals surface area contributed by atoms with Gasteiger partial charge in [0.15, 0.2) is 0 Å². The van der Waals surface area contributed by atoms with Gasteiger partial charge in [-0.1, -0.05) is 28.8 Å². The summed E-state index contributed by atoms with van der Waals surface area (Å²) >= 11 is 3.43. The van der Waals surface area contributed by atoms with Crippen molar-refractivity contribution >= 4 is 15.9 Å². The summed E-state index contributed by atoms with van der Waals surface area (Å²) in [7, 11) is 2.10. The lowest BCUT2D eigenvalue weighted by Crippen LogP contribution is -2.32. The summed E-state index contributed by atoms with van der Waals surface area (Å²) < 4.78 is 6.86. The van der Waals surface area contributed by atoms with Crippen molar-refractivity contribution in [1.82, 2.24) is 5.32 Å². The molecule has 1 atom stereocenters. The first-order valence-corrected chi connectivity index (χ1v) is 8.14. The quantitative estimate of drug-likeness (QED) is 0.751. The lowest BCUT2D eigenvalue weighted by molar-refractivity contribution is 0.278. The van der Waals surface area contributed by atoms with Crippen LogP contribution >= 0.6 is 15.9 Å². The Bertz CT molecular complexity index is 360. The topological polar surface area (TPSA) is 21.3 Å². The first-order valence-electron chi connectivity index (χ1n) is 7.35. The van der Waals surface area contributed by atoms with Crippen LogP contribution in [-0.2, 0) is 0 Å². The highest BCUT2D eigenvalue weighted by Gasteiger charge is 2.23. The van der Waals surface area contributed by atoms with E-state index in [1.165, 1.54) is 32.1 Å². The summed E-state index contributed by atoms with van der Waals surface area (Å²) in [6.07, 6.45) is 7.98. The van der Waals surface area contributed by atoms with Crippen molar-refractivity contribution in [3.05, 3.63) is 28.7 Å². The van der Waals surface area contributed by atoms with Crippen LogP contribution in [0, 0.1) is 5.92 Å². The van der Waals surface area contributed by atoms with Gasteiger partial charge in [0.25, 0.3) is 0 Å². The zero-order chi connectivity index (χ0) is 13.5. The molecule has 0 bridgehead atoms. The fraction of sp³-hybridized carbons (Fsp3) is 0.625. The normalized spacial score (nSPS) is 17.6. The Morgan fingerprint density at radius 2 is 1.95 bits per heavy atom. The van der Waals surface area contributed by atoms with Crippen molar-refractivity contribution in [2.45, 2.75) is 44.6 Å². The number of rotatable bonds is 7. The van der Waals surface area contributed by atoms with Crippen molar-refractivity contribution in [2.75, 3.05) is 13.7 Å². The second-order valence-corrected chi connectivity index (χ2v) is 6.30. The van der Waals surface area contributed by atoms with Gasteiger partial charge in [0.05, 0.1) is 6.61 Å². The predicted octanol–water partition coefficient (Wildman–Crippen LogP) is 4.39. The minimum Gasteiger partial charge on any atom is -0.494 e. The Hall–Kier alpha value is -0.540. The molecule has 1 saturated carbocycles. The molecule has 1 fully saturated rings. The minimum absolute atomic E-state index is 0.677. The van der Waals surface area contributed by atoms with Crippen LogP contribution in [0.5, 0.6) is 5.75 Å². The first-order chi connectivity index (χ1) is 9.29. The van der Waals surface area contributed by atoms with Crippen LogP contribution in [0.25, 0.3) is 0 Å². The molecule has 1 aliphatic rings. The number of halogens is 1. The molecule has 3 heteroatoms. The summed E-state index contributed by atoms with van der Waals surface area (Å²) in [6.45, 7) is 0.812. The molecule has 2 nitrogen and oxygen atoms in total. The second-order valence-electron chi connectivity index (χ2n) is 5.38. The lowest BCUT2D eigenvalue weighted by atomic mass is 9.94. The van der Waals surface area contributed by atoms with E-state index in [0.29, 0.717) is 6.04 Å². The van der Waals surface area contributed by atoms with Gasteiger partial charge in [-0.3, -0.25) is 0 Å². The van der Waals surface area contributed by atoms with Gasteiger partial charge >= 0.3 is 0 Å². The Morgan fingerprint density at radius 1 is 1.26 bits per heavy atom. The molecule has 1 aliphatic carbocycles. The molecular weight excluding hydrogens is 302 g/mol. The fourth-order valence-electron chi connectivity index (χ4n) is 3.00. The number of benzene rings is 1. The van der Waals surface area contributed by atoms with Gasteiger partial charge in [-0.25, -0.2) is 0 Å². The van der Waals surface area contributed by atoms with Crippen molar-refractivity contribution in [1.29, 1.82) is 0 Å². The van der Waals surface area contributed by atoms with Crippen LogP contribution in [0.3, 0.4) is 0 Å². The molecule has 1 aromatic rings. The van der Waals surface area contributed by atoms with Crippen LogP contribution in [0.2, 0.25) is 0 Å². The summed E-state index contributed by atoms with van der Waals surface area (Å²) in [5.41, 5.74) is 0. The lowest BCUT2D eigenvalue weighted by Gasteiger charge is -2.22. The average molecular weight is 326 g/mol. The molecule has 19 heavy (non-hydrogen) atoms. The van der Waals surface area contributed by atoms with Gasteiger partial charge in [0.1, 0.15) is 5.75 Å². The maximum Gasteiger partial charge on any atom is 0.119 e. The van der Waals surface area contributed by atoms with E-state index in [2.05, 4.69) is 28.3 Å². The Morgan fingerprint density at radius 3 is 2.58 bits per heavy atom. The molecule has 2 rings (SSSR count). The molecule has 1 N–H and O–H groups in total. The molecule has 0 saturated heterocycles. The molecule has 1 unspecified atom stereocenters. The van der Waals surface area contributed by atoms with E-state index in [1.807, 2.05) is 24.3 Å². The zero-order valence-corrected chi connectivity index (χ0v) is 13.3. The van der Waals surface area contributed by atoms with Gasteiger partial charge in [-0.2, -0.15) is 0 Å². The van der Waals surface area contributed by atoms with E-state index < -0.39 is 0 Å². The number of ether oxygens (including phenoxy) is 1. The first kappa shape index (κ1) is 14.9. The monoisotopic (exact) mass is 325 g/mol. The third kappa shape index (κ3) is 4.81. The molecule has 0 heterocycles. The predicted molar refractivity (Wildman–Crippen MR) is 83.7 cm³/mol. The smallest absolute Gasteiger partial charge is 0.119 e. The van der Waals surface area contributed by atoms with Crippen LogP contribution < -0.4 is 10.1 Å². The Kier molecular flexibility index (Phi) is 6.18. The van der Waals surface area contributed by atoms with Crippen molar-refractivity contribution in [3.8, 4) is 5.75 Å². The van der Waals surface area contributed by atoms with Gasteiger partial charge in [-0.05, 0) is 62.9 Å². The number of hydrogen-bond acceptors (Lipinski definition) is 2. The van der Waals surface area contributed by atoms with Crippen LogP contribution in [-0.4, -0.2) is 19.7 Å².